The third-order valence-corrected chi connectivity index (χ3v) is 7.04. The molecule has 0 aromatic heterocycles. The summed E-state index contributed by atoms with van der Waals surface area (Å²) in [7, 11) is -0.223. The Kier molecular flexibility index (Phi) is 5.21. The number of hydrogen-bond acceptors (Lipinski definition) is 0. The van der Waals surface area contributed by atoms with Crippen molar-refractivity contribution < 1.29 is 0 Å². The maximum absolute atomic E-state index is 6.51. The highest BCUT2D eigenvalue weighted by molar-refractivity contribution is 7.84. The summed E-state index contributed by atoms with van der Waals surface area (Å²) in [5.74, 6) is 2.63. The molecule has 4 unspecified atom stereocenters. The van der Waals surface area contributed by atoms with Gasteiger partial charge >= 0.3 is 0 Å². The first-order chi connectivity index (χ1) is 6.56. The van der Waals surface area contributed by atoms with E-state index >= 15 is 0 Å². The molecule has 14 heavy (non-hydrogen) atoms. The van der Waals surface area contributed by atoms with Crippen LogP contribution in [-0.4, -0.2) is 11.8 Å². The van der Waals surface area contributed by atoms with E-state index in [1.54, 1.807) is 0 Å². The second-order valence-corrected chi connectivity index (χ2v) is 8.51. The molecule has 1 fully saturated rings. The van der Waals surface area contributed by atoms with E-state index in [0.717, 1.165) is 23.4 Å². The first kappa shape index (κ1) is 12.8. The summed E-state index contributed by atoms with van der Waals surface area (Å²) in [6.45, 7) is 9.36. The smallest absolute Gasteiger partial charge is 0.00373 e. The summed E-state index contributed by atoms with van der Waals surface area (Å²) in [5.41, 5.74) is 0.834. The lowest BCUT2D eigenvalue weighted by molar-refractivity contribution is 0.242. The van der Waals surface area contributed by atoms with E-state index < -0.39 is 0 Å². The highest BCUT2D eigenvalue weighted by atomic mass is 35.7. The Hall–Kier alpha value is 0.720. The van der Waals surface area contributed by atoms with Gasteiger partial charge in [-0.2, -0.15) is 0 Å². The molecule has 1 rings (SSSR count). The number of hydrogen-bond donors (Lipinski definition) is 0. The van der Waals surface area contributed by atoms with Gasteiger partial charge in [-0.15, -0.1) is 0 Å². The molecule has 0 N–H and O–H groups in total. The first-order valence-electron chi connectivity index (χ1n) is 5.98. The number of halogens is 1. The predicted octanol–water partition coefficient (Wildman–Crippen LogP) is 5.10. The Morgan fingerprint density at radius 3 is 2.50 bits per heavy atom. The van der Waals surface area contributed by atoms with Crippen molar-refractivity contribution in [1.29, 1.82) is 0 Å². The Balaban J connectivity index is 2.63. The Morgan fingerprint density at radius 2 is 2.00 bits per heavy atom. The maximum Gasteiger partial charge on any atom is -0.00373 e. The fraction of sp³-hybridized carbons (Fsp3) is 1.00. The molecule has 0 radical (unpaired) electrons. The lowest BCUT2D eigenvalue weighted by atomic mass is 9.77. The molecule has 0 heterocycles. The molecule has 1 aliphatic rings. The fourth-order valence-electron chi connectivity index (χ4n) is 2.71. The Morgan fingerprint density at radius 1 is 1.36 bits per heavy atom. The third kappa shape index (κ3) is 3.11. The van der Waals surface area contributed by atoms with Crippen LogP contribution in [0, 0.1) is 17.8 Å². The van der Waals surface area contributed by atoms with Crippen molar-refractivity contribution in [3.63, 3.8) is 0 Å². The molecule has 0 amide bonds. The van der Waals surface area contributed by atoms with Gasteiger partial charge in [0.2, 0.25) is 0 Å². The molecule has 0 bridgehead atoms. The van der Waals surface area contributed by atoms with Crippen LogP contribution in [-0.2, 0) is 0 Å². The van der Waals surface area contributed by atoms with Crippen molar-refractivity contribution >= 4 is 18.5 Å². The summed E-state index contributed by atoms with van der Waals surface area (Å²) in [5, 5.41) is 0. The zero-order valence-corrected chi connectivity index (χ0v) is 11.6. The van der Waals surface area contributed by atoms with Gasteiger partial charge in [0, 0.05) is 0 Å². The summed E-state index contributed by atoms with van der Waals surface area (Å²) >= 11 is 6.51. The van der Waals surface area contributed by atoms with E-state index in [0.29, 0.717) is 0 Å². The van der Waals surface area contributed by atoms with Gasteiger partial charge in [0.05, 0.1) is 0 Å². The summed E-state index contributed by atoms with van der Waals surface area (Å²) < 4.78 is 0. The average molecular weight is 235 g/mol. The molecule has 84 valence electrons. The molecule has 1 saturated carbocycles. The quantitative estimate of drug-likeness (QED) is 0.596. The third-order valence-electron chi connectivity index (χ3n) is 3.65. The first-order valence-corrected chi connectivity index (χ1v) is 8.48. The van der Waals surface area contributed by atoms with Crippen LogP contribution in [0.3, 0.4) is 0 Å². The zero-order chi connectivity index (χ0) is 10.7. The highest BCUT2D eigenvalue weighted by Crippen LogP contribution is 2.55. The van der Waals surface area contributed by atoms with Crippen molar-refractivity contribution in [3.05, 3.63) is 0 Å². The van der Waals surface area contributed by atoms with Gasteiger partial charge in [0.25, 0.3) is 0 Å². The molecule has 0 spiro atoms. The molecule has 0 aromatic rings. The minimum absolute atomic E-state index is 0.223. The largest absolute Gasteiger partial charge is 0.0961 e. The molecule has 0 nitrogen and oxygen atoms in total. The Labute approximate surface area is 95.3 Å². The van der Waals surface area contributed by atoms with Gasteiger partial charge in [-0.1, -0.05) is 45.4 Å². The van der Waals surface area contributed by atoms with Gasteiger partial charge < -0.3 is 0 Å². The normalized spacial score (nSPS) is 36.0. The van der Waals surface area contributed by atoms with E-state index in [1.807, 2.05) is 0 Å². The average Bonchev–Trinajstić information content (AvgIpc) is 2.16. The maximum atomic E-state index is 6.51. The van der Waals surface area contributed by atoms with Crippen molar-refractivity contribution in [2.75, 3.05) is 6.16 Å². The van der Waals surface area contributed by atoms with E-state index in [4.69, 9.17) is 11.2 Å². The van der Waals surface area contributed by atoms with Gasteiger partial charge in [-0.3, -0.25) is 0 Å². The van der Waals surface area contributed by atoms with Crippen molar-refractivity contribution in [2.45, 2.75) is 52.6 Å². The molecule has 1 aliphatic carbocycles. The van der Waals surface area contributed by atoms with E-state index in [-0.39, 0.29) is 7.27 Å². The molecule has 4 atom stereocenters. The minimum atomic E-state index is -0.223. The van der Waals surface area contributed by atoms with Gasteiger partial charge in [-0.25, -0.2) is 0 Å². The molecular formula is C12H24ClP. The van der Waals surface area contributed by atoms with Gasteiger partial charge in [0.1, 0.15) is 0 Å². The van der Waals surface area contributed by atoms with Crippen molar-refractivity contribution in [1.82, 2.24) is 0 Å². The van der Waals surface area contributed by atoms with E-state index in [1.165, 1.54) is 25.4 Å². The molecule has 2 heteroatoms. The van der Waals surface area contributed by atoms with Crippen LogP contribution in [0.25, 0.3) is 0 Å². The van der Waals surface area contributed by atoms with Gasteiger partial charge in [0.15, 0.2) is 0 Å². The SMILES string of the molecule is CCP(Cl)C1CC(C)CCC1C(C)C. The summed E-state index contributed by atoms with van der Waals surface area (Å²) in [6.07, 6.45) is 5.40. The lowest BCUT2D eigenvalue weighted by Crippen LogP contribution is -2.30. The lowest BCUT2D eigenvalue weighted by Gasteiger charge is -2.39. The zero-order valence-electron chi connectivity index (χ0n) is 9.96. The van der Waals surface area contributed by atoms with Crippen LogP contribution in [0.2, 0.25) is 0 Å². The van der Waals surface area contributed by atoms with Crippen LogP contribution in [0.5, 0.6) is 0 Å². The van der Waals surface area contributed by atoms with E-state index in [9.17, 15) is 0 Å². The minimum Gasteiger partial charge on any atom is -0.0961 e. The Bertz CT molecular complexity index is 170. The van der Waals surface area contributed by atoms with Crippen LogP contribution in [0.1, 0.15) is 47.0 Å². The monoisotopic (exact) mass is 234 g/mol. The van der Waals surface area contributed by atoms with Crippen LogP contribution in [0.4, 0.5) is 0 Å². The number of rotatable bonds is 3. The second kappa shape index (κ2) is 5.71. The molecule has 0 saturated heterocycles. The van der Waals surface area contributed by atoms with Crippen LogP contribution in [0.15, 0.2) is 0 Å². The second-order valence-electron chi connectivity index (χ2n) is 5.11. The predicted molar refractivity (Wildman–Crippen MR) is 68.4 cm³/mol. The standard InChI is InChI=1S/C12H24ClP/c1-5-14(13)12-8-10(4)6-7-11(12)9(2)3/h9-12H,5-8H2,1-4H3. The summed E-state index contributed by atoms with van der Waals surface area (Å²) in [4.78, 5) is 0. The molecular weight excluding hydrogens is 211 g/mol. The van der Waals surface area contributed by atoms with Gasteiger partial charge in [-0.05, 0) is 49.7 Å². The summed E-state index contributed by atoms with van der Waals surface area (Å²) in [6, 6.07) is 0. The van der Waals surface area contributed by atoms with Crippen molar-refractivity contribution in [3.8, 4) is 0 Å². The van der Waals surface area contributed by atoms with E-state index in [2.05, 4.69) is 27.7 Å². The topological polar surface area (TPSA) is 0 Å². The highest BCUT2D eigenvalue weighted by Gasteiger charge is 2.34. The molecule has 0 aromatic carbocycles. The molecule has 0 aliphatic heterocycles. The van der Waals surface area contributed by atoms with Crippen molar-refractivity contribution in [2.24, 2.45) is 17.8 Å². The van der Waals surface area contributed by atoms with Crippen LogP contribution >= 0.6 is 18.5 Å². The van der Waals surface area contributed by atoms with Crippen LogP contribution < -0.4 is 0 Å². The fourth-order valence-corrected chi connectivity index (χ4v) is 5.35.